The zero-order valence-electron chi connectivity index (χ0n) is 11.0. The van der Waals surface area contributed by atoms with E-state index in [2.05, 4.69) is 46.7 Å². The molecule has 2 aromatic rings. The Morgan fingerprint density at radius 3 is 2.78 bits per heavy atom. The van der Waals surface area contributed by atoms with Crippen LogP contribution in [0.4, 0.5) is 0 Å². The number of rotatable bonds is 6. The minimum Gasteiger partial charge on any atom is -0.316 e. The van der Waals surface area contributed by atoms with E-state index in [0.29, 0.717) is 0 Å². The zero-order chi connectivity index (χ0) is 12.8. The number of aryl methyl sites for hydroxylation is 1. The zero-order valence-corrected chi connectivity index (χ0v) is 11.0. The number of hydrogen-bond donors (Lipinski definition) is 2. The number of benzene rings is 1. The summed E-state index contributed by atoms with van der Waals surface area (Å²) in [4.78, 5) is 0. The fourth-order valence-corrected chi connectivity index (χ4v) is 1.99. The van der Waals surface area contributed by atoms with E-state index in [1.807, 2.05) is 12.1 Å². The second-order valence-electron chi connectivity index (χ2n) is 4.43. The van der Waals surface area contributed by atoms with E-state index in [9.17, 15) is 0 Å². The summed E-state index contributed by atoms with van der Waals surface area (Å²) in [6.07, 6.45) is 2.06. The second kappa shape index (κ2) is 6.31. The van der Waals surface area contributed by atoms with Gasteiger partial charge in [0.1, 0.15) is 5.69 Å². The maximum absolute atomic E-state index is 4.28. The Hall–Kier alpha value is -1.68. The molecule has 18 heavy (non-hydrogen) atoms. The Labute approximate surface area is 108 Å². The van der Waals surface area contributed by atoms with E-state index in [1.165, 1.54) is 5.56 Å². The van der Waals surface area contributed by atoms with Crippen LogP contribution in [0.25, 0.3) is 11.3 Å². The highest BCUT2D eigenvalue weighted by Crippen LogP contribution is 2.23. The van der Waals surface area contributed by atoms with Crippen LogP contribution in [0.1, 0.15) is 24.6 Å². The van der Waals surface area contributed by atoms with Crippen molar-refractivity contribution in [3.8, 4) is 11.3 Å². The van der Waals surface area contributed by atoms with Gasteiger partial charge in [-0.05, 0) is 25.5 Å². The van der Waals surface area contributed by atoms with Crippen molar-refractivity contribution in [3.63, 3.8) is 0 Å². The number of nitrogens with one attached hydrogen (secondary N) is 2. The molecule has 0 saturated carbocycles. The van der Waals surface area contributed by atoms with Gasteiger partial charge in [-0.3, -0.25) is 0 Å². The third-order valence-corrected chi connectivity index (χ3v) is 2.99. The van der Waals surface area contributed by atoms with Gasteiger partial charge >= 0.3 is 0 Å². The quantitative estimate of drug-likeness (QED) is 0.767. The normalized spacial score (nSPS) is 10.8. The standard InChI is InChI=1S/C14H20N4/c1-3-9-15-10-8-13-14(17-18-16-13)12-7-5-4-6-11(12)2/h4-7,15H,3,8-10H2,1-2H3,(H,16,17,18). The van der Waals surface area contributed by atoms with Crippen LogP contribution >= 0.6 is 0 Å². The first-order chi connectivity index (χ1) is 8.83. The van der Waals surface area contributed by atoms with E-state index in [0.717, 1.165) is 42.9 Å². The van der Waals surface area contributed by atoms with Crippen molar-refractivity contribution >= 4 is 0 Å². The van der Waals surface area contributed by atoms with Crippen LogP contribution in [0.5, 0.6) is 0 Å². The average molecular weight is 244 g/mol. The van der Waals surface area contributed by atoms with Gasteiger partial charge in [-0.25, -0.2) is 0 Å². The second-order valence-corrected chi connectivity index (χ2v) is 4.43. The summed E-state index contributed by atoms with van der Waals surface area (Å²) in [7, 11) is 0. The molecular formula is C14H20N4. The van der Waals surface area contributed by atoms with Crippen molar-refractivity contribution in [3.05, 3.63) is 35.5 Å². The van der Waals surface area contributed by atoms with Crippen LogP contribution < -0.4 is 5.32 Å². The lowest BCUT2D eigenvalue weighted by Crippen LogP contribution is -2.18. The molecule has 4 heteroatoms. The van der Waals surface area contributed by atoms with Crippen molar-refractivity contribution in [2.75, 3.05) is 13.1 Å². The average Bonchev–Trinajstić information content (AvgIpc) is 2.83. The first-order valence-corrected chi connectivity index (χ1v) is 6.49. The van der Waals surface area contributed by atoms with Gasteiger partial charge in [0.05, 0.1) is 5.69 Å². The van der Waals surface area contributed by atoms with Gasteiger partial charge in [0, 0.05) is 18.5 Å². The van der Waals surface area contributed by atoms with E-state index >= 15 is 0 Å². The summed E-state index contributed by atoms with van der Waals surface area (Å²) >= 11 is 0. The molecule has 0 unspecified atom stereocenters. The van der Waals surface area contributed by atoms with Gasteiger partial charge in [-0.15, -0.1) is 0 Å². The predicted octanol–water partition coefficient (Wildman–Crippen LogP) is 2.32. The Morgan fingerprint density at radius 2 is 2.00 bits per heavy atom. The van der Waals surface area contributed by atoms with Crippen molar-refractivity contribution in [1.82, 2.24) is 20.7 Å². The summed E-state index contributed by atoms with van der Waals surface area (Å²) in [6.45, 7) is 6.27. The lowest BCUT2D eigenvalue weighted by atomic mass is 10.0. The van der Waals surface area contributed by atoms with Crippen LogP contribution in [0.2, 0.25) is 0 Å². The SMILES string of the molecule is CCCNCCc1n[nH]nc1-c1ccccc1C. The largest absolute Gasteiger partial charge is 0.316 e. The molecule has 1 aromatic heterocycles. The molecule has 0 aliphatic rings. The van der Waals surface area contributed by atoms with E-state index in [4.69, 9.17) is 0 Å². The fraction of sp³-hybridized carbons (Fsp3) is 0.429. The number of nitrogens with zero attached hydrogens (tertiary/aromatic N) is 2. The summed E-state index contributed by atoms with van der Waals surface area (Å²) in [5, 5.41) is 14.7. The number of aromatic amines is 1. The van der Waals surface area contributed by atoms with Crippen LogP contribution in [0.15, 0.2) is 24.3 Å². The number of H-pyrrole nitrogens is 1. The third kappa shape index (κ3) is 2.96. The minimum absolute atomic E-state index is 0.903. The monoisotopic (exact) mass is 244 g/mol. The molecular weight excluding hydrogens is 224 g/mol. The molecule has 1 aromatic carbocycles. The van der Waals surface area contributed by atoms with Gasteiger partial charge in [0.15, 0.2) is 0 Å². The molecule has 4 nitrogen and oxygen atoms in total. The van der Waals surface area contributed by atoms with Crippen LogP contribution in [-0.4, -0.2) is 28.5 Å². The molecule has 0 spiro atoms. The van der Waals surface area contributed by atoms with Gasteiger partial charge in [-0.1, -0.05) is 31.2 Å². The Morgan fingerprint density at radius 1 is 1.17 bits per heavy atom. The number of hydrogen-bond acceptors (Lipinski definition) is 3. The molecule has 0 bridgehead atoms. The Bertz CT molecular complexity index is 490. The molecule has 2 rings (SSSR count). The molecule has 96 valence electrons. The highest BCUT2D eigenvalue weighted by Gasteiger charge is 2.11. The van der Waals surface area contributed by atoms with E-state index in [1.54, 1.807) is 0 Å². The Kier molecular flexibility index (Phi) is 4.47. The van der Waals surface area contributed by atoms with Crippen molar-refractivity contribution in [1.29, 1.82) is 0 Å². The Balaban J connectivity index is 2.10. The van der Waals surface area contributed by atoms with Crippen LogP contribution in [0, 0.1) is 6.92 Å². The first kappa shape index (κ1) is 12.8. The molecule has 1 heterocycles. The van der Waals surface area contributed by atoms with Gasteiger partial charge in [0.25, 0.3) is 0 Å². The highest BCUT2D eigenvalue weighted by molar-refractivity contribution is 5.65. The van der Waals surface area contributed by atoms with Crippen molar-refractivity contribution in [2.45, 2.75) is 26.7 Å². The maximum Gasteiger partial charge on any atom is 0.116 e. The number of aromatic nitrogens is 3. The molecule has 0 aliphatic carbocycles. The summed E-state index contributed by atoms with van der Waals surface area (Å²) in [5.41, 5.74) is 4.41. The minimum atomic E-state index is 0.903. The van der Waals surface area contributed by atoms with E-state index in [-0.39, 0.29) is 0 Å². The third-order valence-electron chi connectivity index (χ3n) is 2.99. The molecule has 0 saturated heterocycles. The molecule has 0 aliphatic heterocycles. The first-order valence-electron chi connectivity index (χ1n) is 6.49. The highest BCUT2D eigenvalue weighted by atomic mass is 15.3. The molecule has 2 N–H and O–H groups in total. The predicted molar refractivity (Wildman–Crippen MR) is 73.4 cm³/mol. The van der Waals surface area contributed by atoms with Gasteiger partial charge in [-0.2, -0.15) is 15.4 Å². The molecule has 0 radical (unpaired) electrons. The summed E-state index contributed by atoms with van der Waals surface area (Å²) in [6, 6.07) is 8.27. The maximum atomic E-state index is 4.28. The fourth-order valence-electron chi connectivity index (χ4n) is 1.99. The summed E-state index contributed by atoms with van der Waals surface area (Å²) < 4.78 is 0. The summed E-state index contributed by atoms with van der Waals surface area (Å²) in [5.74, 6) is 0. The lowest BCUT2D eigenvalue weighted by Gasteiger charge is -2.05. The van der Waals surface area contributed by atoms with Crippen molar-refractivity contribution < 1.29 is 0 Å². The van der Waals surface area contributed by atoms with Gasteiger partial charge < -0.3 is 5.32 Å². The molecule has 0 atom stereocenters. The topological polar surface area (TPSA) is 53.6 Å². The van der Waals surface area contributed by atoms with Crippen LogP contribution in [0.3, 0.4) is 0 Å². The smallest absolute Gasteiger partial charge is 0.116 e. The van der Waals surface area contributed by atoms with E-state index < -0.39 is 0 Å². The van der Waals surface area contributed by atoms with Crippen molar-refractivity contribution in [2.24, 2.45) is 0 Å². The lowest BCUT2D eigenvalue weighted by molar-refractivity contribution is 0.665. The van der Waals surface area contributed by atoms with Gasteiger partial charge in [0.2, 0.25) is 0 Å². The molecule has 0 fully saturated rings. The molecule has 0 amide bonds. The van der Waals surface area contributed by atoms with Crippen LogP contribution in [-0.2, 0) is 6.42 Å².